The highest BCUT2D eigenvalue weighted by molar-refractivity contribution is 5.72. The van der Waals surface area contributed by atoms with Gasteiger partial charge in [-0.05, 0) is 77.0 Å². The van der Waals surface area contributed by atoms with E-state index in [2.05, 4.69) is 117 Å². The summed E-state index contributed by atoms with van der Waals surface area (Å²) in [5.74, 6) is -1.62. The smallest absolute Gasteiger partial charge is 0.362 e. The fourth-order valence-electron chi connectivity index (χ4n) is 5.89. The van der Waals surface area contributed by atoms with Crippen molar-refractivity contribution in [2.45, 2.75) is 154 Å². The molecule has 0 amide bonds. The first-order valence-corrected chi connectivity index (χ1v) is 23.1. The van der Waals surface area contributed by atoms with Gasteiger partial charge >= 0.3 is 17.9 Å². The Hall–Kier alpha value is -4.27. The SMILES string of the molecule is CC/C=C/C/C=C/C/C=C/C/C=C/C/C=C/C/C=C/CCC(=O)OC(COCCC(C(=O)O)[N+](C)(C)C)COC(=O)CCCCCCC/C=C/C=C/C=C/C=C/CCCCC. The monoisotopic (exact) mass is 847 g/mol. The quantitative estimate of drug-likeness (QED) is 0.0216. The molecule has 0 aliphatic heterocycles. The maximum Gasteiger partial charge on any atom is 0.362 e. The van der Waals surface area contributed by atoms with Gasteiger partial charge in [-0.2, -0.15) is 0 Å². The lowest BCUT2D eigenvalue weighted by Crippen LogP contribution is -2.50. The van der Waals surface area contributed by atoms with Crippen molar-refractivity contribution in [2.24, 2.45) is 0 Å². The second kappa shape index (κ2) is 42.4. The minimum Gasteiger partial charge on any atom is -0.477 e. The van der Waals surface area contributed by atoms with E-state index in [4.69, 9.17) is 14.2 Å². The molecule has 0 bridgehead atoms. The van der Waals surface area contributed by atoms with E-state index in [-0.39, 0.29) is 36.7 Å². The normalized spacial score (nSPS) is 14.0. The summed E-state index contributed by atoms with van der Waals surface area (Å²) in [7, 11) is 5.48. The second-order valence-electron chi connectivity index (χ2n) is 16.0. The molecular formula is C53H84NO7+. The van der Waals surface area contributed by atoms with Crippen LogP contribution in [0.3, 0.4) is 0 Å². The van der Waals surface area contributed by atoms with Gasteiger partial charge in [0, 0.05) is 19.3 Å². The van der Waals surface area contributed by atoms with Crippen LogP contribution in [0, 0.1) is 0 Å². The molecule has 0 spiro atoms. The summed E-state index contributed by atoms with van der Waals surface area (Å²) in [6.07, 6.45) is 59.7. The van der Waals surface area contributed by atoms with E-state index in [9.17, 15) is 19.5 Å². The van der Waals surface area contributed by atoms with Gasteiger partial charge in [0.2, 0.25) is 0 Å². The van der Waals surface area contributed by atoms with Crippen LogP contribution in [0.25, 0.3) is 0 Å². The third kappa shape index (κ3) is 40.9. The third-order valence-corrected chi connectivity index (χ3v) is 9.45. The van der Waals surface area contributed by atoms with Gasteiger partial charge in [0.15, 0.2) is 12.1 Å². The fourth-order valence-corrected chi connectivity index (χ4v) is 5.89. The van der Waals surface area contributed by atoms with Crippen LogP contribution >= 0.6 is 0 Å². The summed E-state index contributed by atoms with van der Waals surface area (Å²) in [6.45, 7) is 4.45. The van der Waals surface area contributed by atoms with E-state index in [1.165, 1.54) is 19.3 Å². The molecule has 8 heteroatoms. The molecule has 342 valence electrons. The number of aliphatic carboxylic acids is 1. The second-order valence-corrected chi connectivity index (χ2v) is 16.0. The molecule has 0 aromatic rings. The maximum absolute atomic E-state index is 12.7. The largest absolute Gasteiger partial charge is 0.477 e. The molecule has 8 nitrogen and oxygen atoms in total. The van der Waals surface area contributed by atoms with Crippen molar-refractivity contribution >= 4 is 17.9 Å². The Morgan fingerprint density at radius 3 is 1.54 bits per heavy atom. The van der Waals surface area contributed by atoms with Gasteiger partial charge < -0.3 is 23.8 Å². The number of nitrogens with zero attached hydrogens (tertiary/aromatic N) is 1. The first kappa shape index (κ1) is 56.7. The first-order chi connectivity index (χ1) is 29.6. The molecule has 0 radical (unpaired) electrons. The lowest BCUT2D eigenvalue weighted by molar-refractivity contribution is -0.887. The van der Waals surface area contributed by atoms with Crippen LogP contribution in [0.15, 0.2) is 122 Å². The number of rotatable bonds is 39. The van der Waals surface area contributed by atoms with E-state index in [0.29, 0.717) is 19.3 Å². The minimum absolute atomic E-state index is 0.0138. The summed E-state index contributed by atoms with van der Waals surface area (Å²) in [5, 5.41) is 9.63. The predicted octanol–water partition coefficient (Wildman–Crippen LogP) is 13.0. The van der Waals surface area contributed by atoms with E-state index in [1.54, 1.807) is 0 Å². The van der Waals surface area contributed by atoms with Gasteiger partial charge in [0.1, 0.15) is 6.61 Å². The van der Waals surface area contributed by atoms with Crippen LogP contribution in [0.1, 0.15) is 142 Å². The number of quaternary nitrogens is 1. The van der Waals surface area contributed by atoms with Gasteiger partial charge in [-0.25, -0.2) is 4.79 Å². The molecule has 0 saturated heterocycles. The highest BCUT2D eigenvalue weighted by Crippen LogP contribution is 2.11. The maximum atomic E-state index is 12.7. The molecule has 0 aliphatic rings. The summed E-state index contributed by atoms with van der Waals surface area (Å²) >= 11 is 0. The number of likely N-dealkylation sites (N-methyl/N-ethyl adjacent to an activating group) is 1. The van der Waals surface area contributed by atoms with Crippen molar-refractivity contribution < 1.29 is 38.2 Å². The number of hydrogen-bond donors (Lipinski definition) is 1. The van der Waals surface area contributed by atoms with Crippen molar-refractivity contribution in [3.8, 4) is 0 Å². The van der Waals surface area contributed by atoms with E-state index in [0.717, 1.165) is 83.5 Å². The molecule has 0 fully saturated rings. The summed E-state index contributed by atoms with van der Waals surface area (Å²) in [6, 6.07) is -0.640. The van der Waals surface area contributed by atoms with Gasteiger partial charge in [-0.3, -0.25) is 9.59 Å². The molecule has 0 aliphatic carbocycles. The first-order valence-electron chi connectivity index (χ1n) is 23.1. The lowest BCUT2D eigenvalue weighted by Gasteiger charge is -2.31. The number of hydrogen-bond acceptors (Lipinski definition) is 6. The van der Waals surface area contributed by atoms with Gasteiger partial charge in [0.05, 0.1) is 34.4 Å². The summed E-state index contributed by atoms with van der Waals surface area (Å²) < 4.78 is 17.2. The number of carbonyl (C=O) groups excluding carboxylic acids is 2. The molecule has 0 aromatic carbocycles. The van der Waals surface area contributed by atoms with Crippen molar-refractivity contribution in [3.63, 3.8) is 0 Å². The average molecular weight is 847 g/mol. The van der Waals surface area contributed by atoms with E-state index in [1.807, 2.05) is 39.4 Å². The number of unbranched alkanes of at least 4 members (excludes halogenated alkanes) is 8. The van der Waals surface area contributed by atoms with Crippen molar-refractivity contribution in [1.82, 2.24) is 0 Å². The average Bonchev–Trinajstić information content (AvgIpc) is 3.22. The number of esters is 2. The van der Waals surface area contributed by atoms with Crippen LogP contribution in [0.5, 0.6) is 0 Å². The Morgan fingerprint density at radius 2 is 1.02 bits per heavy atom. The van der Waals surface area contributed by atoms with E-state index < -0.39 is 24.1 Å². The Labute approximate surface area is 371 Å². The third-order valence-electron chi connectivity index (χ3n) is 9.45. The lowest BCUT2D eigenvalue weighted by atomic mass is 10.1. The summed E-state index contributed by atoms with van der Waals surface area (Å²) in [4.78, 5) is 37.0. The highest BCUT2D eigenvalue weighted by Gasteiger charge is 2.31. The van der Waals surface area contributed by atoms with Gasteiger partial charge in [-0.1, -0.05) is 167 Å². The Morgan fingerprint density at radius 1 is 0.525 bits per heavy atom. The van der Waals surface area contributed by atoms with Crippen LogP contribution < -0.4 is 0 Å². The number of carboxylic acids is 1. The molecule has 0 rings (SSSR count). The van der Waals surface area contributed by atoms with Crippen molar-refractivity contribution in [3.05, 3.63) is 122 Å². The molecule has 2 atom stereocenters. The topological polar surface area (TPSA) is 99.1 Å². The number of allylic oxidation sites excluding steroid dienone is 20. The molecule has 61 heavy (non-hydrogen) atoms. The standard InChI is InChI=1S/C53H83NO7/c1-6-8-10-12-14-16-18-20-22-24-26-28-30-32-34-36-38-40-42-44-52(56)61-49(47-59-46-45-50(53(57)58)54(3,4)5)48-60-51(55)43-41-39-37-35-33-31-29-27-25-23-21-19-17-15-13-11-9-7-2/h8,10,14-17,19-23,25-29,32,34,38,40,49-50H,6-7,9,11-13,18,24,30-31,33,35-37,39,41-48H2,1-5H3/p+1/b10-8+,16-14+,17-15+,21-19+,22-20+,25-23+,28-26+,29-27+,34-32+,40-38+. The predicted molar refractivity (Wildman–Crippen MR) is 256 cm³/mol. The molecular weight excluding hydrogens is 763 g/mol. The van der Waals surface area contributed by atoms with Crippen LogP contribution in [-0.2, 0) is 28.6 Å². The molecule has 0 heterocycles. The Bertz CT molecular complexity index is 1400. The van der Waals surface area contributed by atoms with Crippen LogP contribution in [0.2, 0.25) is 0 Å². The number of carbonyl (C=O) groups is 3. The summed E-state index contributed by atoms with van der Waals surface area (Å²) in [5.41, 5.74) is 0. The van der Waals surface area contributed by atoms with Crippen LogP contribution in [0.4, 0.5) is 0 Å². The van der Waals surface area contributed by atoms with Crippen LogP contribution in [-0.4, -0.2) is 80.6 Å². The molecule has 1 N–H and O–H groups in total. The van der Waals surface area contributed by atoms with Crippen molar-refractivity contribution in [1.29, 1.82) is 0 Å². The molecule has 2 unspecified atom stereocenters. The van der Waals surface area contributed by atoms with Crippen molar-refractivity contribution in [2.75, 3.05) is 41.0 Å². The highest BCUT2D eigenvalue weighted by atomic mass is 16.6. The zero-order valence-electron chi connectivity index (χ0n) is 38.8. The zero-order valence-corrected chi connectivity index (χ0v) is 38.8. The Kier molecular flexibility index (Phi) is 39.5. The molecule has 0 saturated carbocycles. The number of ether oxygens (including phenoxy) is 3. The number of carboxylic acid groups (broad SMARTS) is 1. The Balaban J connectivity index is 4.53. The zero-order chi connectivity index (χ0) is 44.9. The van der Waals surface area contributed by atoms with E-state index >= 15 is 0 Å². The molecule has 0 aromatic heterocycles. The minimum atomic E-state index is -0.896. The van der Waals surface area contributed by atoms with Gasteiger partial charge in [-0.15, -0.1) is 0 Å². The fraction of sp³-hybridized carbons (Fsp3) is 0.566. The van der Waals surface area contributed by atoms with Gasteiger partial charge in [0.25, 0.3) is 0 Å².